The lowest BCUT2D eigenvalue weighted by Gasteiger charge is -2.29. The molecule has 4 N–H and O–H groups in total. The number of hydrogen-bond donors (Lipinski definition) is 4. The Morgan fingerprint density at radius 3 is 2.63 bits per heavy atom. The lowest BCUT2D eigenvalue weighted by Crippen LogP contribution is -2.43. The molecule has 0 bridgehead atoms. The molecule has 0 unspecified atom stereocenters. The number of carbonyl (C=O) groups is 1. The number of H-pyrrole nitrogens is 1. The number of halogens is 2. The van der Waals surface area contributed by atoms with E-state index in [1.807, 2.05) is 24.3 Å². The number of aromatic amines is 1. The first-order valence-corrected chi connectivity index (χ1v) is 11.1. The molecule has 0 spiro atoms. The second-order valence-electron chi connectivity index (χ2n) is 8.09. The number of amides is 1. The first kappa shape index (κ1) is 22.5. The van der Waals surface area contributed by atoms with Gasteiger partial charge in [0.2, 0.25) is 12.3 Å². The Kier molecular flexibility index (Phi) is 6.15. The second-order valence-corrected chi connectivity index (χ2v) is 8.09. The molecule has 4 aromatic rings. The molecule has 180 valence electrons. The third-order valence-electron chi connectivity index (χ3n) is 5.74. The highest BCUT2D eigenvalue weighted by Gasteiger charge is 2.20. The van der Waals surface area contributed by atoms with Gasteiger partial charge in [-0.15, -0.1) is 0 Å². The third kappa shape index (κ3) is 4.58. The van der Waals surface area contributed by atoms with Crippen molar-refractivity contribution in [1.82, 2.24) is 20.3 Å². The van der Waals surface area contributed by atoms with Crippen molar-refractivity contribution in [3.63, 3.8) is 0 Å². The Labute approximate surface area is 199 Å². The summed E-state index contributed by atoms with van der Waals surface area (Å²) < 4.78 is 35.2. The molecular formula is C24H23F2N7O2. The van der Waals surface area contributed by atoms with E-state index in [2.05, 4.69) is 35.8 Å². The summed E-state index contributed by atoms with van der Waals surface area (Å²) >= 11 is 0. The lowest BCUT2D eigenvalue weighted by molar-refractivity contribution is -0.105. The number of hydrogen-bond acceptors (Lipinski definition) is 7. The van der Waals surface area contributed by atoms with Crippen molar-refractivity contribution in [1.29, 1.82) is 0 Å². The zero-order valence-corrected chi connectivity index (χ0v) is 18.9. The molecule has 0 aliphatic carbocycles. The van der Waals surface area contributed by atoms with Crippen LogP contribution in [0.15, 0.2) is 42.7 Å². The average molecular weight is 479 g/mol. The summed E-state index contributed by atoms with van der Waals surface area (Å²) in [6.45, 7) is 5.43. The summed E-state index contributed by atoms with van der Waals surface area (Å²) in [6, 6.07) is 10.2. The smallest absolute Gasteiger partial charge is 0.248 e. The number of piperazine rings is 1. The van der Waals surface area contributed by atoms with Gasteiger partial charge in [0.15, 0.2) is 23.2 Å². The van der Waals surface area contributed by atoms with Crippen molar-refractivity contribution < 1.29 is 18.3 Å². The molecule has 9 nitrogen and oxygen atoms in total. The number of benzene rings is 2. The molecule has 1 aliphatic heterocycles. The van der Waals surface area contributed by atoms with E-state index >= 15 is 4.39 Å². The Hall–Kier alpha value is -4.25. The number of carbonyl (C=O) groups excluding carboxylic acids is 1. The maximum absolute atomic E-state index is 15.0. The van der Waals surface area contributed by atoms with Gasteiger partial charge in [-0.1, -0.05) is 0 Å². The molecule has 2 aromatic carbocycles. The molecule has 3 heterocycles. The number of nitrogens with one attached hydrogen (secondary N) is 4. The van der Waals surface area contributed by atoms with Crippen molar-refractivity contribution in [2.75, 3.05) is 41.7 Å². The predicted octanol–water partition coefficient (Wildman–Crippen LogP) is 4.06. The summed E-state index contributed by atoms with van der Waals surface area (Å²) in [4.78, 5) is 24.6. The molecule has 1 amide bonds. The fraction of sp³-hybridized carbons (Fsp3) is 0.208. The van der Waals surface area contributed by atoms with Crippen LogP contribution in [0.2, 0.25) is 0 Å². The van der Waals surface area contributed by atoms with Crippen molar-refractivity contribution in [3.05, 3.63) is 60.1 Å². The van der Waals surface area contributed by atoms with Gasteiger partial charge in [-0.25, -0.2) is 13.8 Å². The summed E-state index contributed by atoms with van der Waals surface area (Å²) in [7, 11) is 0. The number of nitrogens with zero attached hydrogens (tertiary/aromatic N) is 3. The summed E-state index contributed by atoms with van der Waals surface area (Å²) in [5.74, 6) is -1.70. The number of aryl methyl sites for hydroxylation is 1. The van der Waals surface area contributed by atoms with Crippen molar-refractivity contribution >= 4 is 40.2 Å². The molecule has 5 rings (SSSR count). The highest BCUT2D eigenvalue weighted by Crippen LogP contribution is 2.37. The predicted molar refractivity (Wildman–Crippen MR) is 130 cm³/mol. The molecule has 0 radical (unpaired) electrons. The lowest BCUT2D eigenvalue weighted by atomic mass is 10.2. The van der Waals surface area contributed by atoms with Crippen LogP contribution in [0.3, 0.4) is 0 Å². The summed E-state index contributed by atoms with van der Waals surface area (Å²) in [6.07, 6.45) is 1.63. The maximum Gasteiger partial charge on any atom is 0.248 e. The normalized spacial score (nSPS) is 13.6. The van der Waals surface area contributed by atoms with E-state index in [1.54, 1.807) is 6.92 Å². The van der Waals surface area contributed by atoms with Crippen LogP contribution in [0.5, 0.6) is 11.6 Å². The number of ether oxygens (including phenoxy) is 1. The third-order valence-corrected chi connectivity index (χ3v) is 5.74. The number of aromatic nitrogens is 3. The minimum Gasteiger partial charge on any atom is -0.434 e. The Morgan fingerprint density at radius 1 is 1.11 bits per heavy atom. The quantitative estimate of drug-likeness (QED) is 0.296. The standard InChI is InChI=1S/C24H23F2N7O2/c1-14-10-17-20(26)19(11-18(25)21(17)31-14)35-24-22(30-13-34)23(28-12-29-24)32-15-2-4-16(5-3-15)33-8-6-27-7-9-33/h2-5,10-13,27,31H,6-9H2,1H3,(H,30,34)(H,28,29,32). The largest absolute Gasteiger partial charge is 0.434 e. The minimum atomic E-state index is -0.751. The Bertz CT molecular complexity index is 1370. The van der Waals surface area contributed by atoms with Gasteiger partial charge in [0.05, 0.1) is 5.52 Å². The van der Waals surface area contributed by atoms with Gasteiger partial charge >= 0.3 is 0 Å². The monoisotopic (exact) mass is 479 g/mol. The number of rotatable bonds is 7. The van der Waals surface area contributed by atoms with Crippen molar-refractivity contribution in [2.45, 2.75) is 6.92 Å². The molecule has 0 saturated carbocycles. The van der Waals surface area contributed by atoms with E-state index in [-0.39, 0.29) is 34.0 Å². The fourth-order valence-corrected chi connectivity index (χ4v) is 4.06. The topological polar surface area (TPSA) is 107 Å². The van der Waals surface area contributed by atoms with Crippen LogP contribution >= 0.6 is 0 Å². The van der Waals surface area contributed by atoms with Crippen LogP contribution in [0, 0.1) is 18.6 Å². The average Bonchev–Trinajstić information content (AvgIpc) is 3.28. The highest BCUT2D eigenvalue weighted by atomic mass is 19.1. The van der Waals surface area contributed by atoms with E-state index in [0.717, 1.165) is 37.9 Å². The van der Waals surface area contributed by atoms with Gasteiger partial charge in [-0.3, -0.25) is 4.79 Å². The van der Waals surface area contributed by atoms with E-state index in [9.17, 15) is 9.18 Å². The molecule has 1 saturated heterocycles. The number of fused-ring (bicyclic) bond motifs is 1. The van der Waals surface area contributed by atoms with Crippen LogP contribution < -0.4 is 25.6 Å². The van der Waals surface area contributed by atoms with E-state index < -0.39 is 11.6 Å². The fourth-order valence-electron chi connectivity index (χ4n) is 4.06. The zero-order valence-electron chi connectivity index (χ0n) is 18.9. The van der Waals surface area contributed by atoms with Crippen LogP contribution in [-0.4, -0.2) is 47.5 Å². The van der Waals surface area contributed by atoms with Gasteiger partial charge in [-0.05, 0) is 37.3 Å². The van der Waals surface area contributed by atoms with Gasteiger partial charge in [0.25, 0.3) is 0 Å². The van der Waals surface area contributed by atoms with Gasteiger partial charge in [0.1, 0.15) is 12.0 Å². The van der Waals surface area contributed by atoms with Crippen LogP contribution in [0.25, 0.3) is 10.9 Å². The minimum absolute atomic E-state index is 0.0490. The molecule has 35 heavy (non-hydrogen) atoms. The molecular weight excluding hydrogens is 456 g/mol. The zero-order chi connectivity index (χ0) is 24.4. The van der Waals surface area contributed by atoms with Crippen molar-refractivity contribution in [3.8, 4) is 11.6 Å². The summed E-state index contributed by atoms with van der Waals surface area (Å²) in [5, 5.41) is 8.99. The first-order chi connectivity index (χ1) is 17.0. The molecule has 2 aromatic heterocycles. The van der Waals surface area contributed by atoms with Crippen molar-refractivity contribution in [2.24, 2.45) is 0 Å². The van der Waals surface area contributed by atoms with E-state index in [4.69, 9.17) is 4.74 Å². The van der Waals surface area contributed by atoms with E-state index in [1.165, 1.54) is 12.4 Å². The van der Waals surface area contributed by atoms with Crippen LogP contribution in [0.4, 0.5) is 31.7 Å². The maximum atomic E-state index is 15.0. The highest BCUT2D eigenvalue weighted by molar-refractivity contribution is 5.86. The van der Waals surface area contributed by atoms with Gasteiger partial charge in [0, 0.05) is 54.7 Å². The number of anilines is 4. The summed E-state index contributed by atoms with van der Waals surface area (Å²) in [5.41, 5.74) is 2.55. The van der Waals surface area contributed by atoms with Crippen LogP contribution in [-0.2, 0) is 4.79 Å². The molecule has 1 fully saturated rings. The Morgan fingerprint density at radius 2 is 1.89 bits per heavy atom. The molecule has 1 aliphatic rings. The van der Waals surface area contributed by atoms with Crippen LogP contribution in [0.1, 0.15) is 5.69 Å². The first-order valence-electron chi connectivity index (χ1n) is 11.1. The second kappa shape index (κ2) is 9.55. The van der Waals surface area contributed by atoms with E-state index in [0.29, 0.717) is 17.8 Å². The molecule has 11 heteroatoms. The molecule has 0 atom stereocenters. The SMILES string of the molecule is Cc1cc2c(F)c(Oc3ncnc(Nc4ccc(N5CCNCC5)cc4)c3NC=O)cc(F)c2[nH]1. The Balaban J connectivity index is 1.43. The van der Waals surface area contributed by atoms with Gasteiger partial charge in [-0.2, -0.15) is 4.98 Å². The van der Waals surface area contributed by atoms with Gasteiger partial charge < -0.3 is 30.6 Å².